The molecule has 136 valence electrons. The Hall–Kier alpha value is -1.20. The van der Waals surface area contributed by atoms with Crippen molar-refractivity contribution in [3.05, 3.63) is 52.9 Å². The Kier molecular flexibility index (Phi) is 5.17. The van der Waals surface area contributed by atoms with Gasteiger partial charge < -0.3 is 0 Å². The topological polar surface area (TPSA) is 0 Å². The van der Waals surface area contributed by atoms with E-state index in [-0.39, 0.29) is 5.41 Å². The fourth-order valence-corrected chi connectivity index (χ4v) is 3.03. The Morgan fingerprint density at radius 1 is 0.833 bits per heavy atom. The number of hydrogen-bond donors (Lipinski definition) is 0. The molecule has 2 aromatic rings. The summed E-state index contributed by atoms with van der Waals surface area (Å²) in [6.45, 7) is 8.99. The van der Waals surface area contributed by atoms with Crippen molar-refractivity contribution in [2.75, 3.05) is 0 Å². The molecule has 1 heterocycles. The normalized spacial score (nSPS) is 14.9. The first-order valence-electron chi connectivity index (χ1n) is 6.99. The maximum atomic E-state index is 9.87. The van der Waals surface area contributed by atoms with Crippen molar-refractivity contribution in [2.45, 2.75) is 33.1 Å². The van der Waals surface area contributed by atoms with E-state index >= 15 is 0 Å². The van der Waals surface area contributed by atoms with E-state index in [1.165, 1.54) is 20.9 Å². The summed E-state index contributed by atoms with van der Waals surface area (Å²) >= 11 is 1.90. The van der Waals surface area contributed by atoms with Gasteiger partial charge >= 0.3 is 33.0 Å². The monoisotopic (exact) mass is 388 g/mol. The molecular formula is C16H19F6PS. The fourth-order valence-electron chi connectivity index (χ4n) is 1.75. The van der Waals surface area contributed by atoms with Crippen LogP contribution in [-0.4, -0.2) is 0 Å². The van der Waals surface area contributed by atoms with Gasteiger partial charge in [0.25, 0.3) is 0 Å². The van der Waals surface area contributed by atoms with Crippen LogP contribution in [0, 0.1) is 6.92 Å². The van der Waals surface area contributed by atoms with E-state index in [2.05, 4.69) is 70.2 Å². The van der Waals surface area contributed by atoms with Gasteiger partial charge in [0, 0.05) is 23.1 Å². The second kappa shape index (κ2) is 5.95. The van der Waals surface area contributed by atoms with Crippen LogP contribution in [-0.2, 0) is 5.41 Å². The molecule has 24 heavy (non-hydrogen) atoms. The summed E-state index contributed by atoms with van der Waals surface area (Å²) in [5.74, 6) is 0. The van der Waals surface area contributed by atoms with Gasteiger partial charge in [0.1, 0.15) is 0 Å². The molecule has 0 spiro atoms. The minimum atomic E-state index is -10.7. The predicted octanol–water partition coefficient (Wildman–Crippen LogP) is 8.68. The summed E-state index contributed by atoms with van der Waals surface area (Å²) in [7, 11) is -10.7. The van der Waals surface area contributed by atoms with Gasteiger partial charge in [-0.2, -0.15) is 0 Å². The van der Waals surface area contributed by atoms with Crippen LogP contribution in [0.1, 0.15) is 31.2 Å². The third kappa shape index (κ3) is 9.83. The summed E-state index contributed by atoms with van der Waals surface area (Å²) in [5.41, 5.74) is 2.87. The summed E-state index contributed by atoms with van der Waals surface area (Å²) in [4.78, 5) is 2.80. The maximum absolute atomic E-state index is 10.7. The van der Waals surface area contributed by atoms with E-state index in [1.54, 1.807) is 0 Å². The van der Waals surface area contributed by atoms with Crippen molar-refractivity contribution < 1.29 is 25.2 Å². The molecule has 8 heteroatoms. The first kappa shape index (κ1) is 20.8. The van der Waals surface area contributed by atoms with Crippen molar-refractivity contribution in [3.63, 3.8) is 0 Å². The van der Waals surface area contributed by atoms with Crippen molar-refractivity contribution in [2.24, 2.45) is 0 Å². The van der Waals surface area contributed by atoms with Gasteiger partial charge in [0.15, 0.2) is 0 Å². The summed E-state index contributed by atoms with van der Waals surface area (Å²) < 4.78 is 59.2. The summed E-state index contributed by atoms with van der Waals surface area (Å²) in [6.07, 6.45) is 0. The molecule has 0 N–H and O–H groups in total. The minimum absolute atomic E-state index is 0.222. The molecule has 0 fully saturated rings. The standard InChI is InChI=1S/C16H19S.F6P/c1-12-10-14(13-8-6-5-7-9-13)17-15(11-12)16(2,3)4;1-7(2,3,4,5)6/h5-11H,1-4H3;/q+1;-1. The Balaban J connectivity index is 0.000000351. The second-order valence-electron chi connectivity index (χ2n) is 6.44. The van der Waals surface area contributed by atoms with Gasteiger partial charge in [-0.25, -0.2) is 0 Å². The average Bonchev–Trinajstić information content (AvgIpc) is 2.34. The van der Waals surface area contributed by atoms with Crippen molar-refractivity contribution >= 4 is 19.1 Å². The van der Waals surface area contributed by atoms with Crippen LogP contribution < -0.4 is 0 Å². The van der Waals surface area contributed by atoms with Gasteiger partial charge in [0.2, 0.25) is 21.1 Å². The van der Waals surface area contributed by atoms with Crippen LogP contribution in [0.4, 0.5) is 25.2 Å². The van der Waals surface area contributed by atoms with Gasteiger partial charge in [0.05, 0.1) is 0 Å². The molecule has 0 aliphatic carbocycles. The predicted molar refractivity (Wildman–Crippen MR) is 91.2 cm³/mol. The van der Waals surface area contributed by atoms with Crippen LogP contribution in [0.3, 0.4) is 0 Å². The molecule has 0 aliphatic heterocycles. The molecule has 0 saturated carbocycles. The van der Waals surface area contributed by atoms with Crippen molar-refractivity contribution in [1.29, 1.82) is 0 Å². The third-order valence-electron chi connectivity index (χ3n) is 2.73. The average molecular weight is 388 g/mol. The molecular weight excluding hydrogens is 369 g/mol. The Labute approximate surface area is 141 Å². The number of halogens is 6. The molecule has 0 nitrogen and oxygen atoms in total. The van der Waals surface area contributed by atoms with E-state index in [1.807, 2.05) is 11.3 Å². The number of aryl methyl sites for hydroxylation is 1. The van der Waals surface area contributed by atoms with Crippen LogP contribution >= 0.6 is 19.1 Å². The molecule has 0 radical (unpaired) electrons. The van der Waals surface area contributed by atoms with Gasteiger partial charge in [-0.1, -0.05) is 39.0 Å². The van der Waals surface area contributed by atoms with Crippen molar-refractivity contribution in [3.8, 4) is 10.4 Å². The molecule has 0 atom stereocenters. The molecule has 0 amide bonds. The van der Waals surface area contributed by atoms with Gasteiger partial charge in [-0.3, -0.25) is 0 Å². The van der Waals surface area contributed by atoms with Crippen LogP contribution in [0.25, 0.3) is 10.4 Å². The first-order valence-corrected chi connectivity index (χ1v) is 9.83. The number of rotatable bonds is 1. The number of hydrogen-bond acceptors (Lipinski definition) is 0. The van der Waals surface area contributed by atoms with Gasteiger partial charge in [-0.15, -0.1) is 0 Å². The SMILES string of the molecule is Cc1cc(-c2ccccc2)[s+]c(C(C)(C)C)c1.F[P-](F)(F)(F)(F)F. The van der Waals surface area contributed by atoms with E-state index in [4.69, 9.17) is 0 Å². The molecule has 1 aromatic carbocycles. The molecule has 0 aliphatic rings. The zero-order chi connectivity index (χ0) is 18.9. The molecule has 0 unspecified atom stereocenters. The Morgan fingerprint density at radius 2 is 1.29 bits per heavy atom. The Bertz CT molecular complexity index is 691. The molecule has 1 aromatic heterocycles. The number of benzene rings is 1. The molecule has 2 rings (SSSR count). The Morgan fingerprint density at radius 3 is 1.71 bits per heavy atom. The zero-order valence-corrected chi connectivity index (χ0v) is 15.4. The summed E-state index contributed by atoms with van der Waals surface area (Å²) in [5, 5.41) is 0. The second-order valence-corrected chi connectivity index (χ2v) is 9.44. The van der Waals surface area contributed by atoms with E-state index < -0.39 is 7.81 Å². The van der Waals surface area contributed by atoms with Crippen LogP contribution in [0.2, 0.25) is 0 Å². The quantitative estimate of drug-likeness (QED) is 0.260. The molecule has 0 bridgehead atoms. The van der Waals surface area contributed by atoms with E-state index in [0.717, 1.165) is 0 Å². The van der Waals surface area contributed by atoms with E-state index in [9.17, 15) is 25.2 Å². The van der Waals surface area contributed by atoms with Crippen LogP contribution in [0.15, 0.2) is 42.5 Å². The fraction of sp³-hybridized carbons (Fsp3) is 0.312. The third-order valence-corrected chi connectivity index (χ3v) is 4.26. The van der Waals surface area contributed by atoms with Gasteiger partial charge in [-0.05, 0) is 24.6 Å². The van der Waals surface area contributed by atoms with Crippen LogP contribution in [0.5, 0.6) is 0 Å². The van der Waals surface area contributed by atoms with Crippen molar-refractivity contribution in [1.82, 2.24) is 0 Å². The van der Waals surface area contributed by atoms with E-state index in [0.29, 0.717) is 0 Å². The zero-order valence-electron chi connectivity index (χ0n) is 13.7. The summed E-state index contributed by atoms with van der Waals surface area (Å²) in [6, 6.07) is 15.2. The first-order chi connectivity index (χ1) is 10.4. The molecule has 0 saturated heterocycles.